The van der Waals surface area contributed by atoms with Crippen LogP contribution in [-0.4, -0.2) is 57.5 Å². The van der Waals surface area contributed by atoms with E-state index in [0.717, 1.165) is 26.5 Å². The molecule has 9 nitrogen and oxygen atoms in total. The van der Waals surface area contributed by atoms with Gasteiger partial charge in [0.1, 0.15) is 0 Å². The number of nitrogens with one attached hydrogen (secondary N) is 2. The molecule has 0 fully saturated rings. The first-order chi connectivity index (χ1) is 19.3. The molecule has 4 rings (SSSR count). The van der Waals surface area contributed by atoms with Crippen LogP contribution >= 0.6 is 11.6 Å². The third-order valence-corrected chi connectivity index (χ3v) is 8.23. The van der Waals surface area contributed by atoms with E-state index in [9.17, 15) is 13.2 Å². The summed E-state index contributed by atoms with van der Waals surface area (Å²) in [6.07, 6.45) is 2.34. The van der Waals surface area contributed by atoms with Crippen molar-refractivity contribution in [1.82, 2.24) is 14.6 Å². The lowest BCUT2D eigenvalue weighted by Gasteiger charge is -2.22. The first-order valence-corrected chi connectivity index (χ1v) is 14.4. The van der Waals surface area contributed by atoms with Gasteiger partial charge in [-0.25, -0.2) is 8.42 Å². The van der Waals surface area contributed by atoms with E-state index in [4.69, 9.17) is 21.1 Å². The van der Waals surface area contributed by atoms with Crippen LogP contribution in [0.2, 0.25) is 5.02 Å². The van der Waals surface area contributed by atoms with Gasteiger partial charge in [0.15, 0.2) is 11.5 Å². The largest absolute Gasteiger partial charge is 0.493 e. The molecule has 0 aliphatic heterocycles. The van der Waals surface area contributed by atoms with Gasteiger partial charge >= 0.3 is 0 Å². The van der Waals surface area contributed by atoms with E-state index in [1.807, 2.05) is 48.5 Å². The molecule has 4 aromatic rings. The Balaban J connectivity index is 1.39. The number of benzene rings is 3. The molecule has 0 unspecified atom stereocenters. The molecule has 40 heavy (non-hydrogen) atoms. The lowest BCUT2D eigenvalue weighted by atomic mass is 10.2. The molecule has 3 aromatic carbocycles. The van der Waals surface area contributed by atoms with Crippen molar-refractivity contribution in [2.45, 2.75) is 17.9 Å². The third kappa shape index (κ3) is 7.20. The minimum absolute atomic E-state index is 0.00365. The van der Waals surface area contributed by atoms with Gasteiger partial charge in [-0.3, -0.25) is 9.78 Å². The highest BCUT2D eigenvalue weighted by molar-refractivity contribution is 7.89. The van der Waals surface area contributed by atoms with Crippen molar-refractivity contribution in [2.24, 2.45) is 0 Å². The summed E-state index contributed by atoms with van der Waals surface area (Å²) >= 11 is 6.06. The summed E-state index contributed by atoms with van der Waals surface area (Å²) in [4.78, 5) is 17.2. The maximum atomic E-state index is 13.6. The van der Waals surface area contributed by atoms with Crippen LogP contribution in [0.25, 0.3) is 10.9 Å². The van der Waals surface area contributed by atoms with Crippen LogP contribution in [0.1, 0.15) is 12.0 Å². The number of carbonyl (C=O) groups is 1. The molecule has 0 bridgehead atoms. The molecule has 0 radical (unpaired) electrons. The van der Waals surface area contributed by atoms with E-state index in [1.165, 1.54) is 32.4 Å². The summed E-state index contributed by atoms with van der Waals surface area (Å²) in [5.41, 5.74) is 2.47. The maximum absolute atomic E-state index is 13.6. The number of sulfonamides is 1. The fourth-order valence-electron chi connectivity index (χ4n) is 4.17. The Morgan fingerprint density at radius 1 is 0.950 bits per heavy atom. The Bertz CT molecular complexity index is 1570. The van der Waals surface area contributed by atoms with Crippen molar-refractivity contribution < 1.29 is 22.7 Å². The van der Waals surface area contributed by atoms with E-state index < -0.39 is 15.9 Å². The number of anilines is 1. The predicted octanol–water partition coefficient (Wildman–Crippen LogP) is 4.71. The molecule has 11 heteroatoms. The zero-order valence-corrected chi connectivity index (χ0v) is 23.8. The molecule has 0 saturated carbocycles. The zero-order valence-electron chi connectivity index (χ0n) is 22.3. The number of hydrogen-bond donors (Lipinski definition) is 2. The van der Waals surface area contributed by atoms with Gasteiger partial charge in [0.25, 0.3) is 0 Å². The normalized spacial score (nSPS) is 11.4. The number of nitrogens with zero attached hydrogens (tertiary/aromatic N) is 2. The molecular formula is C29H31ClN4O5S. The summed E-state index contributed by atoms with van der Waals surface area (Å²) in [7, 11) is -1.13. The first-order valence-electron chi connectivity index (χ1n) is 12.6. The summed E-state index contributed by atoms with van der Waals surface area (Å²) in [5.74, 6) is 0.292. The van der Waals surface area contributed by atoms with Crippen molar-refractivity contribution in [3.8, 4) is 11.5 Å². The molecule has 2 N–H and O–H groups in total. The Kier molecular flexibility index (Phi) is 9.81. The van der Waals surface area contributed by atoms with Crippen molar-refractivity contribution >= 4 is 44.1 Å². The van der Waals surface area contributed by atoms with Gasteiger partial charge in [-0.15, -0.1) is 0 Å². The number of aromatic nitrogens is 1. The average Bonchev–Trinajstić information content (AvgIpc) is 2.96. The molecular weight excluding hydrogens is 552 g/mol. The minimum atomic E-state index is -4.04. The van der Waals surface area contributed by atoms with E-state index >= 15 is 0 Å². The zero-order chi connectivity index (χ0) is 28.5. The maximum Gasteiger partial charge on any atom is 0.243 e. The monoisotopic (exact) mass is 582 g/mol. The van der Waals surface area contributed by atoms with Gasteiger partial charge < -0.3 is 20.1 Å². The Morgan fingerprint density at radius 3 is 2.48 bits per heavy atom. The summed E-state index contributed by atoms with van der Waals surface area (Å²) < 4.78 is 38.9. The van der Waals surface area contributed by atoms with Gasteiger partial charge in [-0.05, 0) is 48.4 Å². The van der Waals surface area contributed by atoms with Crippen LogP contribution in [0.5, 0.6) is 11.5 Å². The number of ether oxygens (including phenoxy) is 2. The number of methoxy groups -OCH3 is 2. The van der Waals surface area contributed by atoms with Crippen LogP contribution in [0.3, 0.4) is 0 Å². The van der Waals surface area contributed by atoms with E-state index in [2.05, 4.69) is 15.6 Å². The molecule has 0 spiro atoms. The number of fused-ring (bicyclic) bond motifs is 1. The predicted molar refractivity (Wildman–Crippen MR) is 156 cm³/mol. The highest BCUT2D eigenvalue weighted by Crippen LogP contribution is 2.31. The summed E-state index contributed by atoms with van der Waals surface area (Å²) in [5, 5.41) is 7.76. The number of carbonyl (C=O) groups excluding carboxylic acids is 1. The second-order valence-corrected chi connectivity index (χ2v) is 11.3. The van der Waals surface area contributed by atoms with Gasteiger partial charge in [0, 0.05) is 48.0 Å². The minimum Gasteiger partial charge on any atom is -0.493 e. The molecule has 1 aromatic heterocycles. The summed E-state index contributed by atoms with van der Waals surface area (Å²) in [6, 6.07) is 20.9. The first kappa shape index (κ1) is 29.1. The fourth-order valence-corrected chi connectivity index (χ4v) is 5.74. The molecule has 1 amide bonds. The highest BCUT2D eigenvalue weighted by Gasteiger charge is 2.28. The number of pyridine rings is 1. The molecule has 0 atom stereocenters. The number of amides is 1. The van der Waals surface area contributed by atoms with E-state index in [1.54, 1.807) is 12.3 Å². The number of halogens is 1. The molecule has 1 heterocycles. The molecule has 210 valence electrons. The SMILES string of the molecule is COc1ccc(S(=O)(=O)N(CC(=O)NCCCNc2ccnc3cc(Cl)ccc23)Cc2ccccc2)cc1OC. The van der Waals surface area contributed by atoms with Crippen molar-refractivity contribution in [3.63, 3.8) is 0 Å². The van der Waals surface area contributed by atoms with Crippen molar-refractivity contribution in [3.05, 3.63) is 89.6 Å². The Hall–Kier alpha value is -3.86. The van der Waals surface area contributed by atoms with Crippen LogP contribution < -0.4 is 20.1 Å². The van der Waals surface area contributed by atoms with Crippen LogP contribution in [-0.2, 0) is 21.4 Å². The van der Waals surface area contributed by atoms with Crippen LogP contribution in [0.15, 0.2) is 83.9 Å². The van der Waals surface area contributed by atoms with Gasteiger partial charge in [-0.1, -0.05) is 41.9 Å². The van der Waals surface area contributed by atoms with E-state index in [0.29, 0.717) is 30.3 Å². The van der Waals surface area contributed by atoms with Gasteiger partial charge in [-0.2, -0.15) is 4.31 Å². The molecule has 0 aliphatic rings. The Morgan fingerprint density at radius 2 is 1.73 bits per heavy atom. The van der Waals surface area contributed by atoms with Gasteiger partial charge in [0.05, 0.1) is 31.2 Å². The second kappa shape index (κ2) is 13.5. The van der Waals surface area contributed by atoms with Gasteiger partial charge in [0.2, 0.25) is 15.9 Å². The topological polar surface area (TPSA) is 110 Å². The smallest absolute Gasteiger partial charge is 0.243 e. The number of rotatable bonds is 13. The number of hydrogen-bond acceptors (Lipinski definition) is 7. The second-order valence-electron chi connectivity index (χ2n) is 8.93. The molecule has 0 saturated heterocycles. The average molecular weight is 583 g/mol. The fraction of sp³-hybridized carbons (Fsp3) is 0.241. The standard InChI is InChI=1S/C29H31ClN4O5S/c1-38-27-12-10-23(18-28(27)39-2)40(36,37)34(19-21-7-4-3-5-8-21)20-29(35)33-15-6-14-31-25-13-16-32-26-17-22(30)9-11-24(25)26/h3-5,7-13,16-18H,6,14-15,19-20H2,1-2H3,(H,31,32)(H,33,35). The van der Waals surface area contributed by atoms with E-state index in [-0.39, 0.29) is 23.7 Å². The lowest BCUT2D eigenvalue weighted by Crippen LogP contribution is -2.40. The third-order valence-electron chi connectivity index (χ3n) is 6.21. The Labute approximate surface area is 239 Å². The van der Waals surface area contributed by atoms with Crippen molar-refractivity contribution in [1.29, 1.82) is 0 Å². The van der Waals surface area contributed by atoms with Crippen molar-refractivity contribution in [2.75, 3.05) is 39.2 Å². The van der Waals surface area contributed by atoms with Crippen LogP contribution in [0, 0.1) is 0 Å². The van der Waals surface area contributed by atoms with Crippen LogP contribution in [0.4, 0.5) is 5.69 Å². The highest BCUT2D eigenvalue weighted by atomic mass is 35.5. The summed E-state index contributed by atoms with van der Waals surface area (Å²) in [6.45, 7) is 0.663. The quantitative estimate of drug-likeness (QED) is 0.220. The molecule has 0 aliphatic carbocycles. The lowest BCUT2D eigenvalue weighted by molar-refractivity contribution is -0.121.